The van der Waals surface area contributed by atoms with Crippen LogP contribution in [-0.2, 0) is 0 Å². The molecule has 0 aliphatic heterocycles. The molecule has 4 rings (SSSR count). The summed E-state index contributed by atoms with van der Waals surface area (Å²) >= 11 is 0. The molecule has 3 aromatic carbocycles. The van der Waals surface area contributed by atoms with Gasteiger partial charge < -0.3 is 9.32 Å². The maximum absolute atomic E-state index is 13.0. The molecular formula is C24H21N3O2. The van der Waals surface area contributed by atoms with Crippen molar-refractivity contribution in [3.05, 3.63) is 90.0 Å². The van der Waals surface area contributed by atoms with Gasteiger partial charge in [-0.05, 0) is 61.9 Å². The highest BCUT2D eigenvalue weighted by Crippen LogP contribution is 2.25. The van der Waals surface area contributed by atoms with E-state index in [9.17, 15) is 4.79 Å². The summed E-state index contributed by atoms with van der Waals surface area (Å²) < 4.78 is 5.79. The van der Waals surface area contributed by atoms with Crippen molar-refractivity contribution in [2.75, 3.05) is 11.4 Å². The Morgan fingerprint density at radius 2 is 1.41 bits per heavy atom. The summed E-state index contributed by atoms with van der Waals surface area (Å²) in [5.41, 5.74) is 4.25. The molecule has 0 aliphatic rings. The molecule has 5 nitrogen and oxygen atoms in total. The second-order valence-corrected chi connectivity index (χ2v) is 6.69. The molecule has 0 aliphatic carbocycles. The molecule has 29 heavy (non-hydrogen) atoms. The molecule has 1 heterocycles. The maximum atomic E-state index is 13.0. The highest BCUT2D eigenvalue weighted by molar-refractivity contribution is 6.06. The van der Waals surface area contributed by atoms with Crippen LogP contribution in [0.4, 0.5) is 5.69 Å². The fraction of sp³-hybridized carbons (Fsp3) is 0.125. The number of carbonyl (C=O) groups excluding carboxylic acids is 1. The minimum Gasteiger partial charge on any atom is -0.416 e. The minimum atomic E-state index is -0.0381. The number of amides is 1. The van der Waals surface area contributed by atoms with Gasteiger partial charge in [0.1, 0.15) is 0 Å². The SMILES string of the molecule is CCN(C(=O)c1ccc(-c2nnc(-c3ccccc3)o2)cc1)c1ccccc1C. The maximum Gasteiger partial charge on any atom is 0.258 e. The first-order chi connectivity index (χ1) is 14.2. The predicted molar refractivity (Wildman–Crippen MR) is 114 cm³/mol. The zero-order valence-corrected chi connectivity index (χ0v) is 16.4. The first-order valence-corrected chi connectivity index (χ1v) is 9.54. The monoisotopic (exact) mass is 383 g/mol. The Kier molecular flexibility index (Phi) is 5.20. The van der Waals surface area contributed by atoms with Gasteiger partial charge in [-0.1, -0.05) is 36.4 Å². The summed E-state index contributed by atoms with van der Waals surface area (Å²) in [6.07, 6.45) is 0. The van der Waals surface area contributed by atoms with Crippen molar-refractivity contribution in [3.63, 3.8) is 0 Å². The zero-order valence-electron chi connectivity index (χ0n) is 16.4. The van der Waals surface area contributed by atoms with Crippen LogP contribution in [0.25, 0.3) is 22.9 Å². The van der Waals surface area contributed by atoms with Gasteiger partial charge in [0.2, 0.25) is 11.8 Å². The van der Waals surface area contributed by atoms with Gasteiger partial charge in [0.15, 0.2) is 0 Å². The van der Waals surface area contributed by atoms with E-state index < -0.39 is 0 Å². The molecule has 0 N–H and O–H groups in total. The van der Waals surface area contributed by atoms with Gasteiger partial charge in [0.25, 0.3) is 5.91 Å². The van der Waals surface area contributed by atoms with Gasteiger partial charge in [-0.25, -0.2) is 0 Å². The third-order valence-corrected chi connectivity index (χ3v) is 4.79. The van der Waals surface area contributed by atoms with Crippen molar-refractivity contribution in [2.45, 2.75) is 13.8 Å². The molecule has 4 aromatic rings. The molecule has 0 atom stereocenters. The Balaban J connectivity index is 1.57. The number of anilines is 1. The molecular weight excluding hydrogens is 362 g/mol. The Hall–Kier alpha value is -3.73. The van der Waals surface area contributed by atoms with Crippen LogP contribution in [0.3, 0.4) is 0 Å². The second kappa shape index (κ2) is 8.10. The molecule has 0 radical (unpaired) electrons. The van der Waals surface area contributed by atoms with Gasteiger partial charge >= 0.3 is 0 Å². The molecule has 0 fully saturated rings. The third-order valence-electron chi connectivity index (χ3n) is 4.79. The van der Waals surface area contributed by atoms with Crippen LogP contribution in [0, 0.1) is 6.92 Å². The number of nitrogens with zero attached hydrogens (tertiary/aromatic N) is 3. The second-order valence-electron chi connectivity index (χ2n) is 6.69. The summed E-state index contributed by atoms with van der Waals surface area (Å²) in [4.78, 5) is 14.8. The summed E-state index contributed by atoms with van der Waals surface area (Å²) in [5.74, 6) is 0.857. The Morgan fingerprint density at radius 1 is 0.828 bits per heavy atom. The van der Waals surface area contributed by atoms with Crippen LogP contribution >= 0.6 is 0 Å². The standard InChI is InChI=1S/C24H21N3O2/c1-3-27(21-12-8-7-9-17(21)2)24(28)20-15-13-19(14-16-20)23-26-25-22(29-23)18-10-5-4-6-11-18/h4-16H,3H2,1-2H3. The molecule has 0 saturated carbocycles. The molecule has 1 amide bonds. The fourth-order valence-electron chi connectivity index (χ4n) is 3.24. The smallest absolute Gasteiger partial charge is 0.258 e. The van der Waals surface area contributed by atoms with Crippen LogP contribution in [0.5, 0.6) is 0 Å². The average molecular weight is 383 g/mol. The van der Waals surface area contributed by atoms with Crippen LogP contribution in [-0.4, -0.2) is 22.6 Å². The lowest BCUT2D eigenvalue weighted by atomic mass is 10.1. The third kappa shape index (κ3) is 3.80. The molecule has 0 unspecified atom stereocenters. The van der Waals surface area contributed by atoms with Gasteiger partial charge in [-0.15, -0.1) is 10.2 Å². The zero-order chi connectivity index (χ0) is 20.2. The van der Waals surface area contributed by atoms with E-state index in [-0.39, 0.29) is 5.91 Å². The first kappa shape index (κ1) is 18.6. The quantitative estimate of drug-likeness (QED) is 0.464. The Bertz CT molecular complexity index is 1120. The normalized spacial score (nSPS) is 10.7. The number of hydrogen-bond acceptors (Lipinski definition) is 4. The molecule has 5 heteroatoms. The number of aryl methyl sites for hydroxylation is 1. The van der Waals surface area contributed by atoms with Gasteiger partial charge in [0, 0.05) is 28.9 Å². The van der Waals surface area contributed by atoms with E-state index in [0.29, 0.717) is 23.9 Å². The lowest BCUT2D eigenvalue weighted by molar-refractivity contribution is 0.0988. The minimum absolute atomic E-state index is 0.0381. The summed E-state index contributed by atoms with van der Waals surface area (Å²) in [7, 11) is 0. The summed E-state index contributed by atoms with van der Waals surface area (Å²) in [6, 6.07) is 24.8. The van der Waals surface area contributed by atoms with Crippen molar-refractivity contribution in [3.8, 4) is 22.9 Å². The van der Waals surface area contributed by atoms with E-state index in [1.165, 1.54) is 0 Å². The van der Waals surface area contributed by atoms with Crippen LogP contribution in [0.15, 0.2) is 83.3 Å². The highest BCUT2D eigenvalue weighted by Gasteiger charge is 2.18. The van der Waals surface area contributed by atoms with Gasteiger partial charge in [-0.3, -0.25) is 4.79 Å². The van der Waals surface area contributed by atoms with Crippen molar-refractivity contribution in [1.29, 1.82) is 0 Å². The van der Waals surface area contributed by atoms with E-state index in [2.05, 4.69) is 10.2 Å². The Labute approximate surface area is 169 Å². The van der Waals surface area contributed by atoms with Crippen LogP contribution in [0.2, 0.25) is 0 Å². The van der Waals surface area contributed by atoms with Crippen LogP contribution < -0.4 is 4.90 Å². The molecule has 144 valence electrons. The van der Waals surface area contributed by atoms with Gasteiger partial charge in [-0.2, -0.15) is 0 Å². The predicted octanol–water partition coefficient (Wildman–Crippen LogP) is 5.38. The summed E-state index contributed by atoms with van der Waals surface area (Å²) in [6.45, 7) is 4.58. The number of benzene rings is 3. The largest absolute Gasteiger partial charge is 0.416 e. The van der Waals surface area contributed by atoms with E-state index in [1.54, 1.807) is 17.0 Å². The van der Waals surface area contributed by atoms with Crippen molar-refractivity contribution in [2.24, 2.45) is 0 Å². The van der Waals surface area contributed by atoms with E-state index in [1.807, 2.05) is 80.6 Å². The number of carbonyl (C=O) groups is 1. The molecule has 0 bridgehead atoms. The molecule has 0 spiro atoms. The highest BCUT2D eigenvalue weighted by atomic mass is 16.4. The Morgan fingerprint density at radius 3 is 2.03 bits per heavy atom. The van der Waals surface area contributed by atoms with Gasteiger partial charge in [0.05, 0.1) is 0 Å². The number of hydrogen-bond donors (Lipinski definition) is 0. The van der Waals surface area contributed by atoms with E-state index in [4.69, 9.17) is 4.42 Å². The van der Waals surface area contributed by atoms with Crippen molar-refractivity contribution in [1.82, 2.24) is 10.2 Å². The number of para-hydroxylation sites is 1. The molecule has 0 saturated heterocycles. The summed E-state index contributed by atoms with van der Waals surface area (Å²) in [5, 5.41) is 8.26. The number of rotatable bonds is 5. The van der Waals surface area contributed by atoms with E-state index in [0.717, 1.165) is 22.4 Å². The van der Waals surface area contributed by atoms with Crippen molar-refractivity contribution >= 4 is 11.6 Å². The lowest BCUT2D eigenvalue weighted by Gasteiger charge is -2.23. The topological polar surface area (TPSA) is 59.2 Å². The van der Waals surface area contributed by atoms with Crippen LogP contribution in [0.1, 0.15) is 22.8 Å². The number of aromatic nitrogens is 2. The fourth-order valence-corrected chi connectivity index (χ4v) is 3.24. The van der Waals surface area contributed by atoms with E-state index >= 15 is 0 Å². The lowest BCUT2D eigenvalue weighted by Crippen LogP contribution is -2.31. The molecule has 1 aromatic heterocycles. The average Bonchev–Trinajstić information content (AvgIpc) is 3.26. The van der Waals surface area contributed by atoms with Crippen molar-refractivity contribution < 1.29 is 9.21 Å². The first-order valence-electron chi connectivity index (χ1n) is 9.54.